The lowest BCUT2D eigenvalue weighted by atomic mass is 9.77. The third-order valence-corrected chi connectivity index (χ3v) is 4.30. The third-order valence-electron chi connectivity index (χ3n) is 4.30. The van der Waals surface area contributed by atoms with Gasteiger partial charge in [0.1, 0.15) is 0 Å². The Balaban J connectivity index is 1.85. The molecular weight excluding hydrogens is 238 g/mol. The van der Waals surface area contributed by atoms with Crippen LogP contribution in [0.3, 0.4) is 0 Å². The molecule has 1 aromatic carbocycles. The molecule has 0 unspecified atom stereocenters. The molecule has 1 aliphatic carbocycles. The fraction of sp³-hybridized carbons (Fsp3) is 0.533. The Morgan fingerprint density at radius 1 is 1.21 bits per heavy atom. The zero-order valence-electron chi connectivity index (χ0n) is 11.2. The van der Waals surface area contributed by atoms with E-state index in [1.54, 1.807) is 0 Å². The molecule has 0 radical (unpaired) electrons. The average Bonchev–Trinajstić information content (AvgIpc) is 2.87. The maximum Gasteiger partial charge on any atom is 0.240 e. The van der Waals surface area contributed by atoms with Gasteiger partial charge in [-0.15, -0.1) is 0 Å². The number of amides is 1. The van der Waals surface area contributed by atoms with Gasteiger partial charge in [-0.3, -0.25) is 15.2 Å². The highest BCUT2D eigenvalue weighted by Gasteiger charge is 2.30. The highest BCUT2D eigenvalue weighted by molar-refractivity contribution is 5.81. The second kappa shape index (κ2) is 4.85. The van der Waals surface area contributed by atoms with Crippen molar-refractivity contribution in [2.24, 2.45) is 5.73 Å². The Morgan fingerprint density at radius 2 is 2.00 bits per heavy atom. The lowest BCUT2D eigenvalue weighted by molar-refractivity contribution is -0.119. The first-order valence-corrected chi connectivity index (χ1v) is 7.14. The molecule has 4 nitrogen and oxygen atoms in total. The summed E-state index contributed by atoms with van der Waals surface area (Å²) in [5, 5.41) is 1.91. The van der Waals surface area contributed by atoms with Crippen LogP contribution in [-0.2, 0) is 10.3 Å². The molecule has 1 heterocycles. The van der Waals surface area contributed by atoms with E-state index in [9.17, 15) is 4.79 Å². The van der Waals surface area contributed by atoms with Crippen LogP contribution >= 0.6 is 0 Å². The van der Waals surface area contributed by atoms with Crippen molar-refractivity contribution in [3.8, 4) is 0 Å². The molecule has 0 bridgehead atoms. The molecule has 2 fully saturated rings. The van der Waals surface area contributed by atoms with Crippen LogP contribution in [0.1, 0.15) is 44.1 Å². The molecule has 1 saturated carbocycles. The summed E-state index contributed by atoms with van der Waals surface area (Å²) in [6.45, 7) is 0.736. The molecule has 0 aromatic heterocycles. The first-order chi connectivity index (χ1) is 9.17. The number of benzene rings is 1. The molecule has 102 valence electrons. The lowest BCUT2D eigenvalue weighted by Crippen LogP contribution is -2.39. The van der Waals surface area contributed by atoms with Gasteiger partial charge in [-0.2, -0.15) is 0 Å². The SMILES string of the molecule is NC1(c2cccc(N3CCC(=O)N3)c2)CCCCC1. The van der Waals surface area contributed by atoms with Crippen LogP contribution in [0.2, 0.25) is 0 Å². The van der Waals surface area contributed by atoms with Crippen LogP contribution in [-0.4, -0.2) is 12.5 Å². The number of nitrogens with one attached hydrogen (secondary N) is 1. The van der Waals surface area contributed by atoms with Gasteiger partial charge in [-0.25, -0.2) is 0 Å². The van der Waals surface area contributed by atoms with Crippen LogP contribution in [0.25, 0.3) is 0 Å². The maximum atomic E-state index is 11.3. The number of carbonyl (C=O) groups excluding carboxylic acids is 1. The molecule has 3 N–H and O–H groups in total. The fourth-order valence-corrected chi connectivity index (χ4v) is 3.12. The van der Waals surface area contributed by atoms with Crippen LogP contribution < -0.4 is 16.2 Å². The smallest absolute Gasteiger partial charge is 0.240 e. The van der Waals surface area contributed by atoms with Gasteiger partial charge in [0.15, 0.2) is 0 Å². The van der Waals surface area contributed by atoms with E-state index < -0.39 is 0 Å². The van der Waals surface area contributed by atoms with Gasteiger partial charge in [0.2, 0.25) is 5.91 Å². The molecule has 0 atom stereocenters. The lowest BCUT2D eigenvalue weighted by Gasteiger charge is -2.34. The largest absolute Gasteiger partial charge is 0.321 e. The van der Waals surface area contributed by atoms with Gasteiger partial charge in [-0.05, 0) is 30.5 Å². The van der Waals surface area contributed by atoms with Gasteiger partial charge < -0.3 is 5.73 Å². The summed E-state index contributed by atoms with van der Waals surface area (Å²) in [4.78, 5) is 11.3. The summed E-state index contributed by atoms with van der Waals surface area (Å²) in [5.74, 6) is 0.0885. The number of hydrogen-bond acceptors (Lipinski definition) is 3. The predicted molar refractivity (Wildman–Crippen MR) is 75.5 cm³/mol. The first-order valence-electron chi connectivity index (χ1n) is 7.14. The van der Waals surface area contributed by atoms with Gasteiger partial charge in [0, 0.05) is 18.5 Å². The normalized spacial score (nSPS) is 22.4. The van der Waals surface area contributed by atoms with E-state index >= 15 is 0 Å². The van der Waals surface area contributed by atoms with Gasteiger partial charge >= 0.3 is 0 Å². The molecule has 1 aromatic rings. The van der Waals surface area contributed by atoms with Crippen molar-refractivity contribution in [3.63, 3.8) is 0 Å². The van der Waals surface area contributed by atoms with E-state index in [0.717, 1.165) is 25.1 Å². The van der Waals surface area contributed by atoms with Gasteiger partial charge in [0.25, 0.3) is 0 Å². The Labute approximate surface area is 113 Å². The van der Waals surface area contributed by atoms with Crippen molar-refractivity contribution in [1.82, 2.24) is 5.43 Å². The summed E-state index contributed by atoms with van der Waals surface area (Å²) >= 11 is 0. The minimum absolute atomic E-state index is 0.0885. The number of nitrogens with zero attached hydrogens (tertiary/aromatic N) is 1. The Hall–Kier alpha value is -1.55. The van der Waals surface area contributed by atoms with Crippen molar-refractivity contribution >= 4 is 11.6 Å². The van der Waals surface area contributed by atoms with Crippen molar-refractivity contribution < 1.29 is 4.79 Å². The second-order valence-electron chi connectivity index (χ2n) is 5.70. The Bertz CT molecular complexity index is 480. The minimum Gasteiger partial charge on any atom is -0.321 e. The molecule has 19 heavy (non-hydrogen) atoms. The molecule has 1 saturated heterocycles. The number of rotatable bonds is 2. The van der Waals surface area contributed by atoms with Crippen molar-refractivity contribution in [3.05, 3.63) is 29.8 Å². The molecule has 3 rings (SSSR count). The summed E-state index contributed by atoms with van der Waals surface area (Å²) in [5.41, 5.74) is 11.5. The quantitative estimate of drug-likeness (QED) is 0.854. The van der Waals surface area contributed by atoms with Crippen molar-refractivity contribution in [2.75, 3.05) is 11.6 Å². The Morgan fingerprint density at radius 3 is 2.68 bits per heavy atom. The zero-order chi connectivity index (χ0) is 13.3. The molecule has 1 aliphatic heterocycles. The standard InChI is InChI=1S/C15H21N3O/c16-15(8-2-1-3-9-15)12-5-4-6-13(11-12)18-10-7-14(19)17-18/h4-6,11H,1-3,7-10,16H2,(H,17,19). The Kier molecular flexibility index (Phi) is 3.19. The van der Waals surface area contributed by atoms with E-state index in [1.807, 2.05) is 17.1 Å². The van der Waals surface area contributed by atoms with Crippen LogP contribution in [0.4, 0.5) is 5.69 Å². The summed E-state index contributed by atoms with van der Waals surface area (Å²) in [6.07, 6.45) is 6.40. The van der Waals surface area contributed by atoms with E-state index in [0.29, 0.717) is 6.42 Å². The summed E-state index contributed by atoms with van der Waals surface area (Å²) < 4.78 is 0. The highest BCUT2D eigenvalue weighted by atomic mass is 16.2. The van der Waals surface area contributed by atoms with Crippen LogP contribution in [0.15, 0.2) is 24.3 Å². The molecule has 0 spiro atoms. The topological polar surface area (TPSA) is 58.4 Å². The van der Waals surface area contributed by atoms with Gasteiger partial charge in [0.05, 0.1) is 5.69 Å². The zero-order valence-corrected chi connectivity index (χ0v) is 11.2. The molecular formula is C15H21N3O. The van der Waals surface area contributed by atoms with E-state index in [1.165, 1.54) is 24.8 Å². The predicted octanol–water partition coefficient (Wildman–Crippen LogP) is 2.05. The van der Waals surface area contributed by atoms with Crippen molar-refractivity contribution in [2.45, 2.75) is 44.1 Å². The number of nitrogens with two attached hydrogens (primary N) is 1. The van der Waals surface area contributed by atoms with E-state index in [-0.39, 0.29) is 11.4 Å². The number of hydrogen-bond donors (Lipinski definition) is 2. The highest BCUT2D eigenvalue weighted by Crippen LogP contribution is 2.36. The van der Waals surface area contributed by atoms with E-state index in [4.69, 9.17) is 5.73 Å². The molecule has 1 amide bonds. The monoisotopic (exact) mass is 259 g/mol. The maximum absolute atomic E-state index is 11.3. The average molecular weight is 259 g/mol. The van der Waals surface area contributed by atoms with Crippen molar-refractivity contribution in [1.29, 1.82) is 0 Å². The number of hydrazine groups is 1. The fourth-order valence-electron chi connectivity index (χ4n) is 3.12. The second-order valence-corrected chi connectivity index (χ2v) is 5.70. The molecule has 2 aliphatic rings. The van der Waals surface area contributed by atoms with Crippen LogP contribution in [0, 0.1) is 0 Å². The summed E-state index contributed by atoms with van der Waals surface area (Å²) in [7, 11) is 0. The van der Waals surface area contributed by atoms with Crippen LogP contribution in [0.5, 0.6) is 0 Å². The van der Waals surface area contributed by atoms with Gasteiger partial charge in [-0.1, -0.05) is 31.4 Å². The summed E-state index contributed by atoms with van der Waals surface area (Å²) in [6, 6.07) is 8.32. The minimum atomic E-state index is -0.183. The third kappa shape index (κ3) is 2.45. The number of anilines is 1. The van der Waals surface area contributed by atoms with E-state index in [2.05, 4.69) is 17.6 Å². The number of carbonyl (C=O) groups is 1. The molecule has 4 heteroatoms. The first kappa shape index (κ1) is 12.5.